The second kappa shape index (κ2) is 11.4. The van der Waals surface area contributed by atoms with E-state index in [0.29, 0.717) is 0 Å². The number of rotatable bonds is 5. The maximum atomic E-state index is 5.24. The summed E-state index contributed by atoms with van der Waals surface area (Å²) in [6.45, 7) is 13.2. The van der Waals surface area contributed by atoms with Crippen LogP contribution < -0.4 is 5.32 Å². The van der Waals surface area contributed by atoms with Gasteiger partial charge in [0.25, 0.3) is 0 Å². The van der Waals surface area contributed by atoms with E-state index in [0.717, 1.165) is 38.8 Å². The van der Waals surface area contributed by atoms with Gasteiger partial charge in [0.1, 0.15) is 0 Å². The van der Waals surface area contributed by atoms with Crippen molar-refractivity contribution in [3.63, 3.8) is 0 Å². The third-order valence-electron chi connectivity index (χ3n) is 2.54. The Hall–Kier alpha value is -0.120. The minimum Gasteiger partial charge on any atom is -0.379 e. The van der Waals surface area contributed by atoms with Crippen molar-refractivity contribution in [3.8, 4) is 0 Å². The summed E-state index contributed by atoms with van der Waals surface area (Å²) in [6.07, 6.45) is 2.64. The highest BCUT2D eigenvalue weighted by molar-refractivity contribution is 4.60. The summed E-state index contributed by atoms with van der Waals surface area (Å²) in [7, 11) is 1.97. The van der Waals surface area contributed by atoms with Gasteiger partial charge in [-0.05, 0) is 32.5 Å². The fourth-order valence-electron chi connectivity index (χ4n) is 1.61. The molecule has 3 heteroatoms. The molecule has 1 heterocycles. The molecule has 1 N–H and O–H groups in total. The van der Waals surface area contributed by atoms with Crippen LogP contribution in [0.4, 0.5) is 0 Å². The highest BCUT2D eigenvalue weighted by Crippen LogP contribution is 1.98. The maximum Gasteiger partial charge on any atom is 0.0594 e. The smallest absolute Gasteiger partial charge is 0.0594 e. The average Bonchev–Trinajstić information content (AvgIpc) is 2.28. The van der Waals surface area contributed by atoms with E-state index in [4.69, 9.17) is 4.74 Å². The lowest BCUT2D eigenvalue weighted by Crippen LogP contribution is -2.36. The first kappa shape index (κ1) is 15.9. The highest BCUT2D eigenvalue weighted by atomic mass is 16.5. The number of hydrogen-bond donors (Lipinski definition) is 1. The minimum atomic E-state index is 0.787. The monoisotopic (exact) mass is 230 g/mol. The predicted molar refractivity (Wildman–Crippen MR) is 70.9 cm³/mol. The number of morpholine rings is 1. The lowest BCUT2D eigenvalue weighted by Gasteiger charge is -2.26. The molecule has 0 atom stereocenters. The zero-order chi connectivity index (χ0) is 12.2. The molecule has 3 nitrogen and oxygen atoms in total. The van der Waals surface area contributed by atoms with E-state index < -0.39 is 0 Å². The zero-order valence-electron chi connectivity index (χ0n) is 11.6. The number of nitrogens with one attached hydrogen (secondary N) is 1. The number of unbranched alkanes of at least 4 members (excludes halogenated alkanes) is 1. The Morgan fingerprint density at radius 1 is 1.25 bits per heavy atom. The molecule has 0 amide bonds. The molecular formula is C13H30N2O. The highest BCUT2D eigenvalue weighted by Gasteiger charge is 2.07. The number of hydrogen-bond acceptors (Lipinski definition) is 3. The van der Waals surface area contributed by atoms with Crippen LogP contribution in [0.5, 0.6) is 0 Å². The van der Waals surface area contributed by atoms with E-state index in [9.17, 15) is 0 Å². The molecule has 0 radical (unpaired) electrons. The van der Waals surface area contributed by atoms with Crippen LogP contribution in [0.25, 0.3) is 0 Å². The Balaban J connectivity index is 0.000000325. The van der Waals surface area contributed by atoms with Crippen molar-refractivity contribution in [1.29, 1.82) is 0 Å². The van der Waals surface area contributed by atoms with E-state index in [-0.39, 0.29) is 0 Å². The molecule has 1 fully saturated rings. The van der Waals surface area contributed by atoms with Crippen molar-refractivity contribution < 1.29 is 4.74 Å². The van der Waals surface area contributed by atoms with Gasteiger partial charge in [-0.15, -0.1) is 0 Å². The molecule has 1 aliphatic heterocycles. The predicted octanol–water partition coefficient (Wildman–Crippen LogP) is 1.98. The van der Waals surface area contributed by atoms with Crippen LogP contribution in [0.1, 0.15) is 33.6 Å². The van der Waals surface area contributed by atoms with Gasteiger partial charge in [-0.25, -0.2) is 0 Å². The zero-order valence-corrected chi connectivity index (χ0v) is 11.6. The average molecular weight is 230 g/mol. The maximum absolute atomic E-state index is 5.24. The van der Waals surface area contributed by atoms with E-state index in [1.165, 1.54) is 19.4 Å². The van der Waals surface area contributed by atoms with Crippen molar-refractivity contribution in [2.75, 3.05) is 46.4 Å². The van der Waals surface area contributed by atoms with Gasteiger partial charge < -0.3 is 10.1 Å². The number of ether oxygens (including phenoxy) is 1. The summed E-state index contributed by atoms with van der Waals surface area (Å²) in [5.74, 6) is 0.787. The molecule has 98 valence electrons. The molecule has 0 spiro atoms. The van der Waals surface area contributed by atoms with Crippen LogP contribution in [0.15, 0.2) is 0 Å². The molecule has 0 aromatic rings. The first-order valence-electron chi connectivity index (χ1n) is 6.65. The van der Waals surface area contributed by atoms with E-state index in [1.807, 2.05) is 7.05 Å². The van der Waals surface area contributed by atoms with Crippen molar-refractivity contribution in [2.45, 2.75) is 33.6 Å². The summed E-state index contributed by atoms with van der Waals surface area (Å²) in [6, 6.07) is 0. The Kier molecular flexibility index (Phi) is 11.3. The second-order valence-electron chi connectivity index (χ2n) is 4.76. The lowest BCUT2D eigenvalue weighted by atomic mass is 10.2. The quantitative estimate of drug-likeness (QED) is 0.781. The van der Waals surface area contributed by atoms with Gasteiger partial charge in [0.05, 0.1) is 13.2 Å². The Bertz CT molecular complexity index is 134. The fraction of sp³-hybridized carbons (Fsp3) is 1.00. The third-order valence-corrected chi connectivity index (χ3v) is 2.54. The summed E-state index contributed by atoms with van der Waals surface area (Å²) in [5, 5.41) is 3.07. The van der Waals surface area contributed by atoms with Crippen LogP contribution in [-0.2, 0) is 4.74 Å². The summed E-state index contributed by atoms with van der Waals surface area (Å²) in [5.41, 5.74) is 0. The third kappa shape index (κ3) is 10.4. The molecule has 0 unspecified atom stereocenters. The molecule has 0 aromatic heterocycles. The first-order chi connectivity index (χ1) is 7.70. The first-order valence-corrected chi connectivity index (χ1v) is 6.65. The van der Waals surface area contributed by atoms with Crippen LogP contribution in [-0.4, -0.2) is 51.3 Å². The lowest BCUT2D eigenvalue weighted by molar-refractivity contribution is 0.0373. The molecular weight excluding hydrogens is 200 g/mol. The SMILES string of the molecule is CCCCN1CCOCC1.CNCC(C)C. The van der Waals surface area contributed by atoms with Crippen LogP contribution in [0.3, 0.4) is 0 Å². The largest absolute Gasteiger partial charge is 0.379 e. The van der Waals surface area contributed by atoms with Crippen molar-refractivity contribution in [3.05, 3.63) is 0 Å². The Labute approximate surface area is 102 Å². The number of nitrogens with zero attached hydrogens (tertiary/aromatic N) is 1. The van der Waals surface area contributed by atoms with Crippen LogP contribution in [0, 0.1) is 5.92 Å². The topological polar surface area (TPSA) is 24.5 Å². The van der Waals surface area contributed by atoms with Gasteiger partial charge in [-0.1, -0.05) is 27.2 Å². The molecule has 0 saturated carbocycles. The van der Waals surface area contributed by atoms with E-state index in [2.05, 4.69) is 31.0 Å². The molecule has 0 aliphatic carbocycles. The molecule has 0 aromatic carbocycles. The summed E-state index contributed by atoms with van der Waals surface area (Å²) >= 11 is 0. The van der Waals surface area contributed by atoms with Crippen molar-refractivity contribution >= 4 is 0 Å². The standard InChI is InChI=1S/C8H17NO.C5H13N/c1-2-3-4-9-5-7-10-8-6-9;1-5(2)4-6-3/h2-8H2,1H3;5-6H,4H2,1-3H3. The summed E-state index contributed by atoms with van der Waals surface area (Å²) < 4.78 is 5.24. The van der Waals surface area contributed by atoms with Gasteiger partial charge in [-0.2, -0.15) is 0 Å². The summed E-state index contributed by atoms with van der Waals surface area (Å²) in [4.78, 5) is 2.48. The minimum absolute atomic E-state index is 0.787. The molecule has 1 aliphatic rings. The van der Waals surface area contributed by atoms with Crippen molar-refractivity contribution in [1.82, 2.24) is 10.2 Å². The van der Waals surface area contributed by atoms with Gasteiger partial charge in [-0.3, -0.25) is 4.90 Å². The van der Waals surface area contributed by atoms with Gasteiger partial charge in [0.15, 0.2) is 0 Å². The van der Waals surface area contributed by atoms with Crippen molar-refractivity contribution in [2.24, 2.45) is 5.92 Å². The van der Waals surface area contributed by atoms with Gasteiger partial charge >= 0.3 is 0 Å². The van der Waals surface area contributed by atoms with E-state index in [1.54, 1.807) is 0 Å². The molecule has 0 bridgehead atoms. The van der Waals surface area contributed by atoms with Gasteiger partial charge in [0, 0.05) is 13.1 Å². The van der Waals surface area contributed by atoms with E-state index >= 15 is 0 Å². The molecule has 1 rings (SSSR count). The molecule has 1 saturated heterocycles. The normalized spacial score (nSPS) is 17.1. The second-order valence-corrected chi connectivity index (χ2v) is 4.76. The fourth-order valence-corrected chi connectivity index (χ4v) is 1.61. The van der Waals surface area contributed by atoms with Crippen LogP contribution >= 0.6 is 0 Å². The Morgan fingerprint density at radius 3 is 2.25 bits per heavy atom. The Morgan fingerprint density at radius 2 is 1.88 bits per heavy atom. The van der Waals surface area contributed by atoms with Crippen LogP contribution in [0.2, 0.25) is 0 Å². The molecule has 16 heavy (non-hydrogen) atoms. The van der Waals surface area contributed by atoms with Gasteiger partial charge in [0.2, 0.25) is 0 Å².